The number of nitro benzene ring substituents is 1. The molecular weight excluding hydrogens is 773 g/mol. The van der Waals surface area contributed by atoms with Gasteiger partial charge in [0.2, 0.25) is 11.8 Å². The van der Waals surface area contributed by atoms with Gasteiger partial charge in [0.15, 0.2) is 6.29 Å². The second-order valence-corrected chi connectivity index (χ2v) is 15.7. The lowest BCUT2D eigenvalue weighted by molar-refractivity contribution is -0.384. The Kier molecular flexibility index (Phi) is 14.7. The summed E-state index contributed by atoms with van der Waals surface area (Å²) in [5.74, 6) is -0.104. The van der Waals surface area contributed by atoms with Crippen molar-refractivity contribution >= 4 is 34.6 Å². The zero-order valence-electron chi connectivity index (χ0n) is 34.3. The molecule has 2 aliphatic rings. The maximum atomic E-state index is 12.6. The predicted octanol–water partition coefficient (Wildman–Crippen LogP) is 7.91. The Morgan fingerprint density at radius 3 is 2.16 bits per heavy atom. The number of nitrogens with zero attached hydrogens (tertiary/aromatic N) is 3. The average Bonchev–Trinajstić information content (AvgIpc) is 3.29. The molecule has 0 spiro atoms. The van der Waals surface area contributed by atoms with Gasteiger partial charge in [0.25, 0.3) is 5.69 Å². The van der Waals surface area contributed by atoms with Gasteiger partial charge in [0, 0.05) is 81.9 Å². The molecule has 61 heavy (non-hydrogen) atoms. The molecule has 318 valence electrons. The van der Waals surface area contributed by atoms with Gasteiger partial charge in [-0.05, 0) is 71.0 Å². The van der Waals surface area contributed by atoms with E-state index < -0.39 is 6.29 Å². The van der Waals surface area contributed by atoms with Gasteiger partial charge in [-0.15, -0.1) is 0 Å². The zero-order chi connectivity index (χ0) is 42.6. The lowest BCUT2D eigenvalue weighted by Crippen LogP contribution is -2.49. The van der Waals surface area contributed by atoms with Crippen LogP contribution in [0, 0.1) is 10.1 Å². The van der Waals surface area contributed by atoms with Crippen molar-refractivity contribution in [2.75, 3.05) is 48.7 Å². The molecule has 2 aliphatic heterocycles. The molecule has 13 nitrogen and oxygen atoms in total. The van der Waals surface area contributed by atoms with Crippen molar-refractivity contribution in [1.29, 1.82) is 0 Å². The van der Waals surface area contributed by atoms with Crippen molar-refractivity contribution in [3.8, 4) is 11.1 Å². The number of rotatable bonds is 17. The zero-order valence-corrected chi connectivity index (χ0v) is 34.3. The number of amides is 2. The van der Waals surface area contributed by atoms with Crippen molar-refractivity contribution < 1.29 is 29.1 Å². The quantitative estimate of drug-likeness (QED) is 0.0313. The second kappa shape index (κ2) is 20.9. The largest absolute Gasteiger partial charge is 0.397 e. The maximum Gasteiger partial charge on any atom is 0.269 e. The number of hydrogen-bond donors (Lipinski definition) is 4. The van der Waals surface area contributed by atoms with Crippen LogP contribution >= 0.6 is 0 Å². The Morgan fingerprint density at radius 1 is 0.754 bits per heavy atom. The summed E-state index contributed by atoms with van der Waals surface area (Å²) in [7, 11) is 0. The molecule has 0 saturated carbocycles. The Bertz CT molecular complexity index is 2230. The second-order valence-electron chi connectivity index (χ2n) is 15.7. The Labute approximate surface area is 356 Å². The van der Waals surface area contributed by atoms with Crippen LogP contribution in [0.25, 0.3) is 11.1 Å². The topological polar surface area (TPSA) is 173 Å². The van der Waals surface area contributed by atoms with E-state index in [-0.39, 0.29) is 41.2 Å². The van der Waals surface area contributed by atoms with Crippen LogP contribution in [-0.2, 0) is 32.2 Å². The van der Waals surface area contributed by atoms with Crippen LogP contribution in [0.4, 0.5) is 22.7 Å². The highest BCUT2D eigenvalue weighted by atomic mass is 16.7. The van der Waals surface area contributed by atoms with E-state index in [1.165, 1.54) is 0 Å². The number of nitrogen functional groups attached to an aromatic ring is 1. The van der Waals surface area contributed by atoms with Crippen molar-refractivity contribution in [2.45, 2.75) is 70.2 Å². The summed E-state index contributed by atoms with van der Waals surface area (Å²) in [6, 6.07) is 38.2. The van der Waals surface area contributed by atoms with Crippen LogP contribution < -0.4 is 21.3 Å². The first kappa shape index (κ1) is 43.0. The van der Waals surface area contributed by atoms with Crippen LogP contribution in [0.2, 0.25) is 0 Å². The number of nitrogens with one attached hydrogen (secondary N) is 2. The Balaban J connectivity index is 0.910. The number of anilines is 3. The van der Waals surface area contributed by atoms with Crippen molar-refractivity contribution in [3.05, 3.63) is 154 Å². The number of nitro groups is 1. The molecule has 13 heteroatoms. The number of ether oxygens (including phenoxy) is 2. The van der Waals surface area contributed by atoms with E-state index in [4.69, 9.17) is 15.2 Å². The smallest absolute Gasteiger partial charge is 0.269 e. The van der Waals surface area contributed by atoms with Gasteiger partial charge in [-0.1, -0.05) is 85.3 Å². The SMILES string of the molecule is Nc1ccccc1NC(=O)CCCCCC(=O)NCc1cccc(-c2ccc([C@@H]3O[C@H](CN4CCN(c5ccc([N+](=O)[O-])cc5)CC4)C[C@H](c4ccc(CO)cc4)O3)cc2)c1. The molecule has 2 fully saturated rings. The minimum Gasteiger partial charge on any atom is -0.397 e. The van der Waals surface area contributed by atoms with Gasteiger partial charge in [-0.2, -0.15) is 0 Å². The van der Waals surface area contributed by atoms with Gasteiger partial charge in [0.1, 0.15) is 0 Å². The van der Waals surface area contributed by atoms with Crippen LogP contribution in [0.1, 0.15) is 73.2 Å². The predicted molar refractivity (Wildman–Crippen MR) is 236 cm³/mol. The summed E-state index contributed by atoms with van der Waals surface area (Å²) < 4.78 is 13.3. The number of para-hydroxylation sites is 2. The molecule has 2 heterocycles. The van der Waals surface area contributed by atoms with Gasteiger partial charge in [0.05, 0.1) is 35.1 Å². The van der Waals surface area contributed by atoms with Gasteiger partial charge >= 0.3 is 0 Å². The number of nitrogens with two attached hydrogens (primary N) is 1. The molecular formula is C48H54N6O7. The molecule has 0 aliphatic carbocycles. The van der Waals surface area contributed by atoms with Crippen LogP contribution in [0.15, 0.2) is 121 Å². The highest BCUT2D eigenvalue weighted by molar-refractivity contribution is 5.93. The third kappa shape index (κ3) is 12.0. The minimum atomic E-state index is -0.580. The molecule has 0 radical (unpaired) electrons. The first-order chi connectivity index (χ1) is 29.7. The third-order valence-corrected chi connectivity index (χ3v) is 11.4. The lowest BCUT2D eigenvalue weighted by Gasteiger charge is -2.41. The van der Waals surface area contributed by atoms with E-state index in [0.717, 1.165) is 78.2 Å². The number of carbonyl (C=O) groups excluding carboxylic acids is 2. The third-order valence-electron chi connectivity index (χ3n) is 11.4. The molecule has 3 atom stereocenters. The van der Waals surface area contributed by atoms with E-state index in [0.29, 0.717) is 50.0 Å². The summed E-state index contributed by atoms with van der Waals surface area (Å²) in [6.07, 6.45) is 2.76. The minimum absolute atomic E-state index is 0.0193. The Morgan fingerprint density at radius 2 is 1.46 bits per heavy atom. The monoisotopic (exact) mass is 826 g/mol. The molecule has 0 aromatic heterocycles. The van der Waals surface area contributed by atoms with Gasteiger partial charge < -0.3 is 35.8 Å². The summed E-state index contributed by atoms with van der Waals surface area (Å²) in [5.41, 5.74) is 14.0. The molecule has 2 saturated heterocycles. The number of unbranched alkanes of at least 4 members (excludes halogenated alkanes) is 2. The van der Waals surface area contributed by atoms with Crippen molar-refractivity contribution in [1.82, 2.24) is 10.2 Å². The Hall–Kier alpha value is -6.12. The lowest BCUT2D eigenvalue weighted by atomic mass is 9.98. The fourth-order valence-electron chi connectivity index (χ4n) is 7.85. The number of aliphatic hydroxyl groups excluding tert-OH is 1. The number of carbonyl (C=O) groups is 2. The van der Waals surface area contributed by atoms with Crippen LogP contribution in [-0.4, -0.2) is 65.6 Å². The summed E-state index contributed by atoms with van der Waals surface area (Å²) in [4.78, 5) is 40.3. The first-order valence-corrected chi connectivity index (χ1v) is 21.0. The maximum absolute atomic E-state index is 12.6. The van der Waals surface area contributed by atoms with Crippen molar-refractivity contribution in [2.24, 2.45) is 0 Å². The number of aliphatic hydroxyl groups is 1. The molecule has 0 bridgehead atoms. The highest BCUT2D eigenvalue weighted by Gasteiger charge is 2.34. The summed E-state index contributed by atoms with van der Waals surface area (Å²) in [5, 5.41) is 26.6. The normalized spacial score (nSPS) is 18.0. The molecule has 5 aromatic carbocycles. The molecule has 5 aromatic rings. The van der Waals surface area contributed by atoms with Gasteiger partial charge in [-0.3, -0.25) is 24.6 Å². The van der Waals surface area contributed by atoms with Crippen LogP contribution in [0.5, 0.6) is 0 Å². The number of hydrogen-bond acceptors (Lipinski definition) is 10. The van der Waals surface area contributed by atoms with E-state index in [9.17, 15) is 24.8 Å². The van der Waals surface area contributed by atoms with E-state index >= 15 is 0 Å². The van der Waals surface area contributed by atoms with Gasteiger partial charge in [-0.25, -0.2) is 0 Å². The fourth-order valence-corrected chi connectivity index (χ4v) is 7.85. The molecule has 7 rings (SSSR count). The summed E-state index contributed by atoms with van der Waals surface area (Å²) >= 11 is 0. The molecule has 0 unspecified atom stereocenters. The van der Waals surface area contributed by atoms with Crippen molar-refractivity contribution in [3.63, 3.8) is 0 Å². The fraction of sp³-hybridized carbons (Fsp3) is 0.333. The standard InChI is InChI=1S/C48H54N6O7/c49-43-9-4-5-10-44(43)51-47(57)12-3-1-2-11-46(56)50-31-35-7-6-8-39(29-35)36-17-19-38(20-18-36)48-60-42(30-45(61-48)37-15-13-34(33-55)14-16-37)32-52-25-27-53(28-26-52)40-21-23-41(24-22-40)54(58)59/h4-10,13-24,29,42,45,48,55H,1-3,11-12,25-28,30-33,49H2,(H,50,56)(H,51,57)/t42-,45+,48+/m0/s1. The first-order valence-electron chi connectivity index (χ1n) is 21.0. The van der Waals surface area contributed by atoms with E-state index in [2.05, 4.69) is 44.7 Å². The number of benzene rings is 5. The molecule has 2 amide bonds. The summed E-state index contributed by atoms with van der Waals surface area (Å²) in [6.45, 7) is 4.43. The number of piperazine rings is 1. The number of non-ortho nitro benzene ring substituents is 1. The van der Waals surface area contributed by atoms with E-state index in [1.807, 2.05) is 72.8 Å². The molecule has 5 N–H and O–H groups in total. The van der Waals surface area contributed by atoms with E-state index in [1.54, 1.807) is 24.3 Å². The van der Waals surface area contributed by atoms with Crippen LogP contribution in [0.3, 0.4) is 0 Å². The average molecular weight is 827 g/mol. The highest BCUT2D eigenvalue weighted by Crippen LogP contribution is 2.39.